The van der Waals surface area contributed by atoms with E-state index in [2.05, 4.69) is 36.0 Å². The number of nitrogens with one attached hydrogen (secondary N) is 1. The number of nitrogens with zero attached hydrogens (tertiary/aromatic N) is 3. The molecule has 2 aromatic rings. The van der Waals surface area contributed by atoms with E-state index in [1.54, 1.807) is 0 Å². The van der Waals surface area contributed by atoms with Crippen molar-refractivity contribution in [1.82, 2.24) is 19.5 Å². The van der Waals surface area contributed by atoms with Gasteiger partial charge in [0.1, 0.15) is 18.3 Å². The molecule has 0 radical (unpaired) electrons. The second-order valence-electron chi connectivity index (χ2n) is 5.59. The zero-order valence-electron chi connectivity index (χ0n) is 16.5. The van der Waals surface area contributed by atoms with Crippen molar-refractivity contribution in [2.24, 2.45) is 0 Å². The molecule has 21 heteroatoms. The smallest absolute Gasteiger partial charge is 0.797 e. The number of phosphoric ester groups is 1. The molecule has 6 atom stereocenters. The van der Waals surface area contributed by atoms with Crippen molar-refractivity contribution in [3.8, 4) is 0 Å². The normalized spacial score (nSPS) is 26.7. The van der Waals surface area contributed by atoms with Crippen molar-refractivity contribution in [3.63, 3.8) is 0 Å². The number of fused-ring (bicyclic) bond motifs is 1. The Bertz CT molecular complexity index is 1050. The fraction of sp³-hybridized carbons (Fsp3) is 0.500. The number of aliphatic hydroxyl groups excluding tert-OH is 2. The van der Waals surface area contributed by atoms with Gasteiger partial charge in [0.15, 0.2) is 17.4 Å². The first-order chi connectivity index (χ1) is 12.9. The Labute approximate surface area is 215 Å². The third-order valence-corrected chi connectivity index (χ3v) is 6.32. The first kappa shape index (κ1) is 31.5. The molecule has 156 valence electrons. The van der Waals surface area contributed by atoms with Crippen LogP contribution in [0.5, 0.6) is 0 Å². The molecule has 3 rings (SSSR count). The van der Waals surface area contributed by atoms with Crippen LogP contribution in [-0.4, -0.2) is 54.7 Å². The van der Waals surface area contributed by atoms with Gasteiger partial charge in [-0.1, -0.05) is 0 Å². The summed E-state index contributed by atoms with van der Waals surface area (Å²) in [5.74, 6) is -0.234. The van der Waals surface area contributed by atoms with E-state index in [0.717, 1.165) is 10.9 Å². The van der Waals surface area contributed by atoms with Gasteiger partial charge in [-0.05, 0) is 0 Å². The van der Waals surface area contributed by atoms with Crippen molar-refractivity contribution in [1.29, 1.82) is 0 Å². The van der Waals surface area contributed by atoms with E-state index in [1.165, 1.54) is 0 Å². The van der Waals surface area contributed by atoms with Crippen molar-refractivity contribution < 1.29 is 99.3 Å². The van der Waals surface area contributed by atoms with Gasteiger partial charge in [0.2, 0.25) is 5.95 Å². The maximum absolute atomic E-state index is 11.8. The van der Waals surface area contributed by atoms with Crippen LogP contribution in [0.2, 0.25) is 0 Å². The molecular formula is C10H12Li3N5O10P2S. The Balaban J connectivity index is 0.00000300. The Hall–Kier alpha value is 0.472. The fourth-order valence-electron chi connectivity index (χ4n) is 2.54. The molecule has 0 aliphatic carbocycles. The largest absolute Gasteiger partial charge is 1.00 e. The van der Waals surface area contributed by atoms with E-state index in [1.807, 2.05) is 0 Å². The van der Waals surface area contributed by atoms with Crippen molar-refractivity contribution in [3.05, 3.63) is 16.7 Å². The van der Waals surface area contributed by atoms with Crippen LogP contribution >= 0.6 is 14.6 Å². The topological polar surface area (TPSA) is 238 Å². The van der Waals surface area contributed by atoms with E-state index >= 15 is 0 Å². The maximum Gasteiger partial charge on any atom is 1.00 e. The number of nitrogen functional groups attached to an aromatic ring is 1. The number of phosphoric acid groups is 1. The Morgan fingerprint density at radius 3 is 2.48 bits per heavy atom. The molecule has 2 aromatic heterocycles. The van der Waals surface area contributed by atoms with E-state index in [-0.39, 0.29) is 73.7 Å². The summed E-state index contributed by atoms with van der Waals surface area (Å²) in [7, 11) is -5.34. The Kier molecular flexibility index (Phi) is 11.9. The van der Waals surface area contributed by atoms with E-state index in [4.69, 9.17) is 10.5 Å². The van der Waals surface area contributed by atoms with Gasteiger partial charge in [-0.3, -0.25) is 23.2 Å². The summed E-state index contributed by atoms with van der Waals surface area (Å²) in [5, 5.41) is 20.3. The molecule has 1 aliphatic rings. The van der Waals surface area contributed by atoms with Gasteiger partial charge < -0.3 is 51.8 Å². The third-order valence-electron chi connectivity index (χ3n) is 3.66. The van der Waals surface area contributed by atoms with Crippen LogP contribution in [0.3, 0.4) is 0 Å². The molecule has 1 aliphatic heterocycles. The molecule has 0 saturated carbocycles. The fourth-order valence-corrected chi connectivity index (χ4v) is 4.77. The average Bonchev–Trinajstić information content (AvgIpc) is 3.06. The van der Waals surface area contributed by atoms with Crippen LogP contribution in [0, 0.1) is 0 Å². The van der Waals surface area contributed by atoms with Gasteiger partial charge >= 0.3 is 56.6 Å². The molecular weight excluding hydrogens is 465 g/mol. The number of H-pyrrole nitrogens is 1. The molecule has 5 N–H and O–H groups in total. The van der Waals surface area contributed by atoms with Gasteiger partial charge in [0.25, 0.3) is 13.4 Å². The van der Waals surface area contributed by atoms with E-state index < -0.39 is 51.3 Å². The molecule has 0 spiro atoms. The molecule has 31 heavy (non-hydrogen) atoms. The minimum atomic E-state index is -5.34. The number of aromatic nitrogens is 4. The van der Waals surface area contributed by atoms with E-state index in [9.17, 15) is 33.9 Å². The van der Waals surface area contributed by atoms with Crippen LogP contribution in [0.1, 0.15) is 6.23 Å². The number of anilines is 1. The summed E-state index contributed by atoms with van der Waals surface area (Å²) in [6, 6.07) is 0. The van der Waals surface area contributed by atoms with Crippen LogP contribution in [0.15, 0.2) is 11.1 Å². The van der Waals surface area contributed by atoms with Gasteiger partial charge in [0.05, 0.1) is 12.9 Å². The van der Waals surface area contributed by atoms with Gasteiger partial charge in [0, 0.05) is 6.80 Å². The second-order valence-corrected chi connectivity index (χ2v) is 9.64. The van der Waals surface area contributed by atoms with Crippen molar-refractivity contribution in [2.45, 2.75) is 24.5 Å². The van der Waals surface area contributed by atoms with Crippen LogP contribution in [0.4, 0.5) is 5.95 Å². The van der Waals surface area contributed by atoms with Crippen LogP contribution < -0.4 is 77.7 Å². The summed E-state index contributed by atoms with van der Waals surface area (Å²) >= 11 is 3.81. The maximum atomic E-state index is 11.8. The number of ether oxygens (including phenoxy) is 1. The molecule has 0 bridgehead atoms. The average molecular weight is 477 g/mol. The first-order valence-corrected chi connectivity index (χ1v) is 11.3. The van der Waals surface area contributed by atoms with Gasteiger partial charge in [-0.25, -0.2) is 4.98 Å². The minimum Gasteiger partial charge on any atom is -0.797 e. The predicted octanol–water partition coefficient (Wildman–Crippen LogP) is -12.2. The molecule has 1 fully saturated rings. The van der Waals surface area contributed by atoms with Crippen LogP contribution in [0.25, 0.3) is 11.2 Å². The summed E-state index contributed by atoms with van der Waals surface area (Å²) in [5.41, 5.74) is 4.64. The SMILES string of the molecule is Nc1nc2c(ncn2[C@@H]2O[C@H](COP(=O)([O-])OP(=O)([O-])[S-])C(O)[C@@H]2O)c(=O)[nH]1.[Li+].[Li+].[Li+]. The number of aliphatic hydroxyl groups is 2. The Morgan fingerprint density at radius 1 is 1.29 bits per heavy atom. The number of nitrogens with two attached hydrogens (primary N) is 1. The molecule has 0 amide bonds. The number of rotatable bonds is 6. The van der Waals surface area contributed by atoms with Gasteiger partial charge in [-0.2, -0.15) is 4.98 Å². The second kappa shape index (κ2) is 11.7. The first-order valence-electron chi connectivity index (χ1n) is 7.31. The van der Waals surface area contributed by atoms with Crippen LogP contribution in [-0.2, 0) is 34.9 Å². The van der Waals surface area contributed by atoms with E-state index in [0.29, 0.717) is 0 Å². The zero-order valence-corrected chi connectivity index (χ0v) is 19.1. The number of hydrogen-bond donors (Lipinski definition) is 4. The zero-order chi connectivity index (χ0) is 20.9. The monoisotopic (exact) mass is 477 g/mol. The minimum absolute atomic E-state index is 0. The third kappa shape index (κ3) is 7.48. The molecule has 3 heterocycles. The Morgan fingerprint density at radius 2 is 1.90 bits per heavy atom. The number of aromatic amines is 1. The molecule has 0 aromatic carbocycles. The summed E-state index contributed by atoms with van der Waals surface area (Å²) in [6.45, 7) is -5.94. The van der Waals surface area contributed by atoms with Gasteiger partial charge in [-0.15, -0.1) is 0 Å². The summed E-state index contributed by atoms with van der Waals surface area (Å²) in [4.78, 5) is 43.9. The summed E-state index contributed by atoms with van der Waals surface area (Å²) in [6.07, 6.45) is -4.91. The quantitative estimate of drug-likeness (QED) is 0.172. The van der Waals surface area contributed by atoms with Crippen molar-refractivity contribution in [2.75, 3.05) is 12.3 Å². The number of imidazole rings is 1. The summed E-state index contributed by atoms with van der Waals surface area (Å²) < 4.78 is 36.6. The molecule has 15 nitrogen and oxygen atoms in total. The molecule has 1 saturated heterocycles. The molecule has 3 unspecified atom stereocenters. The predicted molar refractivity (Wildman–Crippen MR) is 88.1 cm³/mol. The van der Waals surface area contributed by atoms with Crippen molar-refractivity contribution >= 4 is 44.0 Å². The standard InChI is InChI=1S/C10H15N5O10P2S.3Li/c11-10-13-7-4(8(18)14-10)12-2-15(7)9-6(17)5(16)3(24-9)1-23-26(19,20)25-27(21,22)28;;;/h2-3,5-6,9,16-17H,1H2,(H,19,20)(H2,21,22,28)(H3,11,13,14,18);;;/q;3*+1/p-3/t3-,5?,6+,9-;;;/m1.../s1. The number of hydrogen-bond acceptors (Lipinski definition) is 14.